The molecule has 0 spiro atoms. The molecule has 0 bridgehead atoms. The lowest BCUT2D eigenvalue weighted by Crippen LogP contribution is -2.38. The van der Waals surface area contributed by atoms with Crippen LogP contribution in [0, 0.1) is 11.8 Å². The number of H-pyrrole nitrogens is 2. The summed E-state index contributed by atoms with van der Waals surface area (Å²) >= 11 is 0. The Bertz CT molecular complexity index is 1690. The molecular weight excluding hydrogens is 690 g/mol. The Morgan fingerprint density at radius 2 is 1.39 bits per heavy atom. The Balaban J connectivity index is 0.000000241. The number of anilines is 2. The van der Waals surface area contributed by atoms with E-state index in [-0.39, 0.29) is 17.9 Å². The second-order valence-electron chi connectivity index (χ2n) is 14.4. The maximum Gasteiger partial charge on any atom is 0.307 e. The molecule has 16 nitrogen and oxygen atoms in total. The molecule has 1 unspecified atom stereocenters. The van der Waals surface area contributed by atoms with E-state index in [0.29, 0.717) is 43.9 Å². The summed E-state index contributed by atoms with van der Waals surface area (Å²) in [6.07, 6.45) is 5.31. The molecule has 294 valence electrons. The van der Waals surface area contributed by atoms with Crippen LogP contribution in [0.25, 0.3) is 0 Å². The smallest absolute Gasteiger partial charge is 0.307 e. The number of carboxylic acid groups (broad SMARTS) is 2. The van der Waals surface area contributed by atoms with Crippen LogP contribution >= 0.6 is 0 Å². The standard InChI is InChI=1S/C19H30N6O2.C19H27N5O3/c1-5-7-16(19(26)27)17(18-20-22-23-21-18)13-14-8-6-9-15(12-14)25(4)11-10-24(2)3;1-2-5-16(19(26)27)17(18-20-22-23-21-18)11-13-6-3-7-14(10-13)24-9-4-8-15(25)12-24/h6,8-9,12,16-17H,5,7,10-11,13H2,1-4H3,(H,26,27)(H,20,21,22,23);3,6-7,10,15-17,25H,2,4-5,8-9,11-12H2,1H3,(H,26,27)(H,20,21,22,23)/t16-,17-;15?,16-,17-/m00/s1. The van der Waals surface area contributed by atoms with Crippen LogP contribution in [0.5, 0.6) is 0 Å². The molecule has 16 heteroatoms. The van der Waals surface area contributed by atoms with E-state index in [1.54, 1.807) is 0 Å². The Labute approximate surface area is 317 Å². The summed E-state index contributed by atoms with van der Waals surface area (Å²) in [5.74, 6) is -2.51. The lowest BCUT2D eigenvalue weighted by atomic mass is 9.83. The van der Waals surface area contributed by atoms with Gasteiger partial charge in [-0.15, -0.1) is 20.4 Å². The average Bonchev–Trinajstić information content (AvgIpc) is 3.90. The number of nitrogens with one attached hydrogen (secondary N) is 2. The number of piperidine rings is 1. The predicted molar refractivity (Wildman–Crippen MR) is 205 cm³/mol. The number of benzene rings is 2. The molecule has 5 N–H and O–H groups in total. The van der Waals surface area contributed by atoms with E-state index in [1.165, 1.54) is 0 Å². The molecule has 5 atom stereocenters. The molecule has 1 aliphatic rings. The number of carboxylic acids is 2. The van der Waals surface area contributed by atoms with Crippen LogP contribution in [0.4, 0.5) is 11.4 Å². The monoisotopic (exact) mass is 747 g/mol. The number of β-amino-alcohol motifs (C(OH)–C–C–N with tert-alkyl or cyclic N) is 1. The maximum absolute atomic E-state index is 11.8. The van der Waals surface area contributed by atoms with Gasteiger partial charge in [0.1, 0.15) is 0 Å². The van der Waals surface area contributed by atoms with Gasteiger partial charge in [0.05, 0.1) is 17.9 Å². The zero-order chi connectivity index (χ0) is 39.0. The fraction of sp³-hybridized carbons (Fsp3) is 0.579. The lowest BCUT2D eigenvalue weighted by Gasteiger charge is -2.32. The van der Waals surface area contributed by atoms with Crippen molar-refractivity contribution in [3.05, 3.63) is 71.3 Å². The van der Waals surface area contributed by atoms with E-state index < -0.39 is 23.8 Å². The normalized spacial score (nSPS) is 16.6. The number of aromatic nitrogens is 8. The van der Waals surface area contributed by atoms with Crippen molar-refractivity contribution in [3.63, 3.8) is 0 Å². The summed E-state index contributed by atoms with van der Waals surface area (Å²) in [7, 11) is 6.18. The zero-order valence-electron chi connectivity index (χ0n) is 32.2. The van der Waals surface area contributed by atoms with E-state index >= 15 is 0 Å². The number of aliphatic carboxylic acids is 2. The highest BCUT2D eigenvalue weighted by Crippen LogP contribution is 2.32. The molecule has 54 heavy (non-hydrogen) atoms. The summed E-state index contributed by atoms with van der Waals surface area (Å²) in [6.45, 7) is 7.39. The highest BCUT2D eigenvalue weighted by molar-refractivity contribution is 5.71. The van der Waals surface area contributed by atoms with Gasteiger partial charge in [-0.1, -0.05) is 61.4 Å². The van der Waals surface area contributed by atoms with Crippen LogP contribution in [0.1, 0.15) is 87.0 Å². The number of likely N-dealkylation sites (N-methyl/N-ethyl adjacent to an activating group) is 2. The van der Waals surface area contributed by atoms with Crippen molar-refractivity contribution in [1.82, 2.24) is 46.1 Å². The number of tetrazole rings is 2. The van der Waals surface area contributed by atoms with Crippen molar-refractivity contribution < 1.29 is 24.9 Å². The average molecular weight is 748 g/mol. The first-order chi connectivity index (χ1) is 26.0. The zero-order valence-corrected chi connectivity index (χ0v) is 32.2. The van der Waals surface area contributed by atoms with Gasteiger partial charge in [0.15, 0.2) is 11.6 Å². The first-order valence-electron chi connectivity index (χ1n) is 18.9. The number of hydrogen-bond acceptors (Lipinski definition) is 12. The molecule has 3 heterocycles. The van der Waals surface area contributed by atoms with Crippen LogP contribution in [0.3, 0.4) is 0 Å². The molecule has 0 aliphatic carbocycles. The van der Waals surface area contributed by atoms with Crippen molar-refractivity contribution >= 4 is 23.3 Å². The highest BCUT2D eigenvalue weighted by Gasteiger charge is 2.33. The number of rotatable bonds is 19. The number of hydrogen-bond donors (Lipinski definition) is 5. The first-order valence-corrected chi connectivity index (χ1v) is 18.9. The SMILES string of the molecule is CCC[C@H](C(=O)O)[C@H](Cc1cccc(N(C)CCN(C)C)c1)c1nn[nH]n1.CCC[C@H](C(=O)O)[C@H](Cc1cccc(N2CCCC(O)C2)c1)c1nn[nH]n1. The van der Waals surface area contributed by atoms with Gasteiger partial charge >= 0.3 is 11.9 Å². The fourth-order valence-corrected chi connectivity index (χ4v) is 7.07. The van der Waals surface area contributed by atoms with Crippen molar-refractivity contribution in [2.45, 2.75) is 83.2 Å². The molecule has 5 rings (SSSR count). The Morgan fingerprint density at radius 3 is 1.87 bits per heavy atom. The van der Waals surface area contributed by atoms with E-state index in [0.717, 1.165) is 67.8 Å². The summed E-state index contributed by atoms with van der Waals surface area (Å²) in [4.78, 5) is 30.2. The number of nitrogens with zero attached hydrogens (tertiary/aromatic N) is 9. The van der Waals surface area contributed by atoms with Gasteiger partial charge in [0, 0.05) is 56.4 Å². The number of carbonyl (C=O) groups is 2. The molecule has 1 aliphatic heterocycles. The maximum atomic E-state index is 11.8. The molecular formula is C38H57N11O5. The number of aliphatic hydroxyl groups is 1. The molecule has 4 aromatic rings. The largest absolute Gasteiger partial charge is 0.481 e. The predicted octanol–water partition coefficient (Wildman–Crippen LogP) is 4.01. The molecule has 1 saturated heterocycles. The lowest BCUT2D eigenvalue weighted by molar-refractivity contribution is -0.144. The highest BCUT2D eigenvalue weighted by atomic mass is 16.4. The van der Waals surface area contributed by atoms with Gasteiger partial charge in [-0.2, -0.15) is 10.4 Å². The molecule has 2 aromatic heterocycles. The molecule has 1 fully saturated rings. The van der Waals surface area contributed by atoms with Gasteiger partial charge in [-0.25, -0.2) is 0 Å². The Hall–Kier alpha value is -4.96. The second kappa shape index (κ2) is 21.1. The van der Waals surface area contributed by atoms with Crippen LogP contribution in [0.2, 0.25) is 0 Å². The summed E-state index contributed by atoms with van der Waals surface area (Å²) < 4.78 is 0. The fourth-order valence-electron chi connectivity index (χ4n) is 7.07. The van der Waals surface area contributed by atoms with E-state index in [2.05, 4.69) is 95.3 Å². The van der Waals surface area contributed by atoms with E-state index in [1.807, 2.05) is 44.2 Å². The summed E-state index contributed by atoms with van der Waals surface area (Å²) in [6, 6.07) is 16.3. The molecule has 0 radical (unpaired) electrons. The van der Waals surface area contributed by atoms with Crippen LogP contribution < -0.4 is 9.80 Å². The van der Waals surface area contributed by atoms with E-state index in [4.69, 9.17) is 0 Å². The Morgan fingerprint density at radius 1 is 0.833 bits per heavy atom. The minimum absolute atomic E-state index is 0.296. The van der Waals surface area contributed by atoms with Crippen LogP contribution in [-0.2, 0) is 22.4 Å². The van der Waals surface area contributed by atoms with Gasteiger partial charge in [-0.3, -0.25) is 9.59 Å². The molecule has 2 aromatic carbocycles. The first kappa shape index (κ1) is 41.8. The second-order valence-corrected chi connectivity index (χ2v) is 14.4. The number of aliphatic hydroxyl groups excluding tert-OH is 1. The van der Waals surface area contributed by atoms with Gasteiger partial charge in [-0.05, 0) is 88.0 Å². The van der Waals surface area contributed by atoms with Crippen molar-refractivity contribution in [3.8, 4) is 0 Å². The third-order valence-electron chi connectivity index (χ3n) is 10.0. The quantitative estimate of drug-likeness (QED) is 0.0917. The number of aromatic amines is 2. The third kappa shape index (κ3) is 12.3. The molecule has 0 saturated carbocycles. The van der Waals surface area contributed by atoms with Crippen LogP contribution in [0.15, 0.2) is 48.5 Å². The van der Waals surface area contributed by atoms with Crippen molar-refractivity contribution in [2.75, 3.05) is 57.1 Å². The summed E-state index contributed by atoms with van der Waals surface area (Å²) in [5.41, 5.74) is 4.27. The van der Waals surface area contributed by atoms with E-state index in [9.17, 15) is 24.9 Å². The van der Waals surface area contributed by atoms with Crippen LogP contribution in [-0.4, -0.2) is 127 Å². The third-order valence-corrected chi connectivity index (χ3v) is 10.0. The van der Waals surface area contributed by atoms with Gasteiger partial charge < -0.3 is 30.0 Å². The summed E-state index contributed by atoms with van der Waals surface area (Å²) in [5, 5.41) is 57.8. The van der Waals surface area contributed by atoms with Gasteiger partial charge in [0.2, 0.25) is 0 Å². The Kier molecular flexibility index (Phi) is 16.3. The van der Waals surface area contributed by atoms with Crippen molar-refractivity contribution in [2.24, 2.45) is 11.8 Å². The minimum atomic E-state index is -0.832. The minimum Gasteiger partial charge on any atom is -0.481 e. The van der Waals surface area contributed by atoms with Gasteiger partial charge in [0.25, 0.3) is 0 Å². The topological polar surface area (TPSA) is 213 Å². The van der Waals surface area contributed by atoms with Crippen molar-refractivity contribution in [1.29, 1.82) is 0 Å². The molecule has 0 amide bonds.